The van der Waals surface area contributed by atoms with Crippen LogP contribution in [0.2, 0.25) is 5.02 Å². The number of nitrogens with one attached hydrogen (secondary N) is 1. The Morgan fingerprint density at radius 1 is 1.12 bits per heavy atom. The molecule has 3 heterocycles. The lowest BCUT2D eigenvalue weighted by Gasteiger charge is -2.58. The van der Waals surface area contributed by atoms with Crippen molar-refractivity contribution in [2.24, 2.45) is 5.41 Å². The summed E-state index contributed by atoms with van der Waals surface area (Å²) >= 11 is 6.34. The van der Waals surface area contributed by atoms with Gasteiger partial charge in [-0.25, -0.2) is 4.98 Å². The summed E-state index contributed by atoms with van der Waals surface area (Å²) in [5.41, 5.74) is 2.98. The molecule has 1 aliphatic carbocycles. The Hall–Kier alpha value is -3.63. The fourth-order valence-electron chi connectivity index (χ4n) is 4.79. The third kappa shape index (κ3) is 4.17. The number of halogens is 1. The van der Waals surface area contributed by atoms with E-state index in [0.717, 1.165) is 42.6 Å². The molecule has 2 amide bonds. The minimum Gasteiger partial charge on any atom is -0.342 e. The van der Waals surface area contributed by atoms with Crippen LogP contribution in [0.4, 0.5) is 5.82 Å². The predicted octanol–water partition coefficient (Wildman–Crippen LogP) is 4.08. The first-order valence-corrected chi connectivity index (χ1v) is 11.5. The number of nitrogens with zero attached hydrogens (tertiary/aromatic N) is 4. The number of anilines is 1. The summed E-state index contributed by atoms with van der Waals surface area (Å²) in [5.74, 6) is 6.43. The SMILES string of the molecule is CC(=O)N1CC2(CC(n3ncc(Cl)c3C(=O)Nc3ncc(C#Cc4ccccc4)cc3C)C2)C1. The smallest absolute Gasteiger partial charge is 0.276 e. The molecule has 3 aromatic rings. The van der Waals surface area contributed by atoms with Crippen molar-refractivity contribution in [2.45, 2.75) is 32.7 Å². The number of pyridine rings is 1. The van der Waals surface area contributed by atoms with Crippen molar-refractivity contribution >= 4 is 29.2 Å². The van der Waals surface area contributed by atoms with Gasteiger partial charge in [0.05, 0.1) is 17.3 Å². The maximum absolute atomic E-state index is 13.1. The lowest BCUT2D eigenvalue weighted by Crippen LogP contribution is -2.63. The van der Waals surface area contributed by atoms with E-state index in [1.807, 2.05) is 48.2 Å². The number of carbonyl (C=O) groups is 2. The van der Waals surface area contributed by atoms with E-state index < -0.39 is 0 Å². The fourth-order valence-corrected chi connectivity index (χ4v) is 5.01. The first-order valence-electron chi connectivity index (χ1n) is 11.2. The highest BCUT2D eigenvalue weighted by molar-refractivity contribution is 6.34. The highest BCUT2D eigenvalue weighted by Gasteiger charge is 2.54. The molecule has 1 aromatic carbocycles. The van der Waals surface area contributed by atoms with Crippen LogP contribution in [-0.2, 0) is 4.79 Å². The van der Waals surface area contributed by atoms with Gasteiger partial charge in [0.1, 0.15) is 11.5 Å². The zero-order valence-electron chi connectivity index (χ0n) is 19.0. The molecule has 8 heteroatoms. The number of rotatable bonds is 3. The van der Waals surface area contributed by atoms with Crippen LogP contribution < -0.4 is 5.32 Å². The van der Waals surface area contributed by atoms with Crippen molar-refractivity contribution in [3.05, 3.63) is 76.2 Å². The topological polar surface area (TPSA) is 80.1 Å². The van der Waals surface area contributed by atoms with Crippen molar-refractivity contribution in [1.29, 1.82) is 0 Å². The molecule has 1 saturated heterocycles. The molecule has 0 atom stereocenters. The molecule has 2 fully saturated rings. The summed E-state index contributed by atoms with van der Waals surface area (Å²) in [6.45, 7) is 5.02. The largest absolute Gasteiger partial charge is 0.342 e. The van der Waals surface area contributed by atoms with E-state index in [2.05, 4.69) is 27.2 Å². The first kappa shape index (κ1) is 22.2. The zero-order chi connectivity index (χ0) is 23.9. The van der Waals surface area contributed by atoms with Crippen molar-refractivity contribution in [3.63, 3.8) is 0 Å². The molecule has 1 N–H and O–H groups in total. The molecule has 0 unspecified atom stereocenters. The van der Waals surface area contributed by atoms with Crippen molar-refractivity contribution in [3.8, 4) is 11.8 Å². The first-order chi connectivity index (χ1) is 16.3. The van der Waals surface area contributed by atoms with Gasteiger partial charge in [-0.3, -0.25) is 14.3 Å². The quantitative estimate of drug-likeness (QED) is 0.581. The number of aromatic nitrogens is 3. The normalized spacial score (nSPS) is 16.3. The summed E-state index contributed by atoms with van der Waals surface area (Å²) in [4.78, 5) is 30.9. The Morgan fingerprint density at radius 2 is 1.82 bits per heavy atom. The van der Waals surface area contributed by atoms with Crippen LogP contribution in [-0.4, -0.2) is 44.6 Å². The van der Waals surface area contributed by atoms with Crippen LogP contribution >= 0.6 is 11.6 Å². The number of hydrogen-bond acceptors (Lipinski definition) is 4. The molecule has 5 rings (SSSR count). The molecule has 0 radical (unpaired) electrons. The Balaban J connectivity index is 1.27. The van der Waals surface area contributed by atoms with Crippen LogP contribution in [0.25, 0.3) is 0 Å². The second-order valence-electron chi connectivity index (χ2n) is 9.18. The van der Waals surface area contributed by atoms with E-state index in [1.165, 1.54) is 6.20 Å². The number of amides is 2. The van der Waals surface area contributed by atoms with E-state index in [9.17, 15) is 9.59 Å². The number of likely N-dealkylation sites (tertiary alicyclic amines) is 1. The maximum Gasteiger partial charge on any atom is 0.276 e. The molecule has 2 aliphatic rings. The second kappa shape index (κ2) is 8.62. The molecule has 1 spiro atoms. The van der Waals surface area contributed by atoms with Gasteiger partial charge in [-0.15, -0.1) is 0 Å². The van der Waals surface area contributed by atoms with Gasteiger partial charge < -0.3 is 10.2 Å². The van der Waals surface area contributed by atoms with E-state index in [1.54, 1.807) is 17.8 Å². The lowest BCUT2D eigenvalue weighted by atomic mass is 9.60. The Morgan fingerprint density at radius 3 is 2.50 bits per heavy atom. The molecule has 1 saturated carbocycles. The van der Waals surface area contributed by atoms with Crippen molar-refractivity contribution in [2.75, 3.05) is 18.4 Å². The maximum atomic E-state index is 13.1. The van der Waals surface area contributed by atoms with E-state index in [4.69, 9.17) is 11.6 Å². The number of carbonyl (C=O) groups excluding carboxylic acids is 2. The standard InChI is InChI=1S/C26H24ClN5O2/c1-17-10-20(9-8-19-6-4-3-5-7-19)13-28-24(17)30-25(34)23-22(27)14-29-32(23)21-11-26(12-21)15-31(16-26)18(2)33/h3-7,10,13-14,21H,11-12,15-16H2,1-2H3,(H,28,30,34). The fraction of sp³-hybridized carbons (Fsp3) is 0.308. The summed E-state index contributed by atoms with van der Waals surface area (Å²) < 4.78 is 1.72. The van der Waals surface area contributed by atoms with Gasteiger partial charge >= 0.3 is 0 Å². The molecule has 172 valence electrons. The minimum atomic E-state index is -0.346. The molecule has 0 bridgehead atoms. The molecule has 1 aliphatic heterocycles. The predicted molar refractivity (Wildman–Crippen MR) is 130 cm³/mol. The summed E-state index contributed by atoms with van der Waals surface area (Å²) in [5, 5.41) is 7.55. The average Bonchev–Trinajstić information content (AvgIpc) is 3.13. The van der Waals surface area contributed by atoms with Crippen LogP contribution in [0, 0.1) is 24.2 Å². The van der Waals surface area contributed by atoms with E-state index in [-0.39, 0.29) is 23.3 Å². The Bertz CT molecular complexity index is 1320. The Kier molecular flexibility index (Phi) is 5.62. The highest BCUT2D eigenvalue weighted by atomic mass is 35.5. The van der Waals surface area contributed by atoms with E-state index >= 15 is 0 Å². The molecular weight excluding hydrogens is 450 g/mol. The molecule has 34 heavy (non-hydrogen) atoms. The molecule has 2 aromatic heterocycles. The third-order valence-electron chi connectivity index (χ3n) is 6.58. The van der Waals surface area contributed by atoms with E-state index in [0.29, 0.717) is 16.5 Å². The second-order valence-corrected chi connectivity index (χ2v) is 9.59. The van der Waals surface area contributed by atoms with Crippen molar-refractivity contribution in [1.82, 2.24) is 19.7 Å². The van der Waals surface area contributed by atoms with Crippen LogP contribution in [0.3, 0.4) is 0 Å². The van der Waals surface area contributed by atoms with Crippen LogP contribution in [0.1, 0.15) is 53.0 Å². The minimum absolute atomic E-state index is 0.0899. The van der Waals surface area contributed by atoms with Gasteiger partial charge in [-0.1, -0.05) is 41.6 Å². The number of hydrogen-bond donors (Lipinski definition) is 1. The monoisotopic (exact) mass is 473 g/mol. The average molecular weight is 474 g/mol. The van der Waals surface area contributed by atoms with Gasteiger partial charge in [0.25, 0.3) is 5.91 Å². The van der Waals surface area contributed by atoms with Gasteiger partial charge in [0.15, 0.2) is 0 Å². The number of benzene rings is 1. The Labute approximate surface area is 203 Å². The van der Waals surface area contributed by atoms with Gasteiger partial charge in [-0.05, 0) is 43.5 Å². The van der Waals surface area contributed by atoms with Gasteiger partial charge in [0.2, 0.25) is 5.91 Å². The van der Waals surface area contributed by atoms with Gasteiger partial charge in [0, 0.05) is 42.8 Å². The molecular formula is C26H24ClN5O2. The summed E-state index contributed by atoms with van der Waals surface area (Å²) in [7, 11) is 0. The van der Waals surface area contributed by atoms with Gasteiger partial charge in [-0.2, -0.15) is 5.10 Å². The number of aryl methyl sites for hydroxylation is 1. The van der Waals surface area contributed by atoms with Crippen LogP contribution in [0.15, 0.2) is 48.8 Å². The lowest BCUT2D eigenvalue weighted by molar-refractivity contribution is -0.152. The summed E-state index contributed by atoms with van der Waals surface area (Å²) in [6.07, 6.45) is 4.90. The highest BCUT2D eigenvalue weighted by Crippen LogP contribution is 2.54. The van der Waals surface area contributed by atoms with Crippen LogP contribution in [0.5, 0.6) is 0 Å². The third-order valence-corrected chi connectivity index (χ3v) is 6.86. The molecule has 7 nitrogen and oxygen atoms in total. The summed E-state index contributed by atoms with van der Waals surface area (Å²) in [6, 6.07) is 11.7. The zero-order valence-corrected chi connectivity index (χ0v) is 19.8. The van der Waals surface area contributed by atoms with Crippen molar-refractivity contribution < 1.29 is 9.59 Å².